The quantitative estimate of drug-likeness (QED) is 0.690. The number of nitrogens with one attached hydrogen (secondary N) is 1. The van der Waals surface area contributed by atoms with Crippen LogP contribution in [-0.2, 0) is 11.3 Å². The van der Waals surface area contributed by atoms with Crippen molar-refractivity contribution in [2.24, 2.45) is 0 Å². The molecule has 0 bridgehead atoms. The highest BCUT2D eigenvalue weighted by Crippen LogP contribution is 2.02. The lowest BCUT2D eigenvalue weighted by molar-refractivity contribution is -0.119. The summed E-state index contributed by atoms with van der Waals surface area (Å²) in [6.07, 6.45) is 0. The van der Waals surface area contributed by atoms with Gasteiger partial charge in [0, 0.05) is 13.0 Å². The lowest BCUT2D eigenvalue weighted by Crippen LogP contribution is -2.18. The normalized spacial score (nSPS) is 9.62. The van der Waals surface area contributed by atoms with Crippen LogP contribution < -0.4 is 5.32 Å². The molecule has 1 rings (SSSR count). The number of nitrogens with zero attached hydrogens (tertiary/aromatic N) is 1. The molecule has 1 amide bonds. The highest BCUT2D eigenvalue weighted by Gasteiger charge is 2.10. The summed E-state index contributed by atoms with van der Waals surface area (Å²) >= 11 is 0. The lowest BCUT2D eigenvalue weighted by Gasteiger charge is -1.94. The van der Waals surface area contributed by atoms with Gasteiger partial charge in [-0.2, -0.15) is 0 Å². The lowest BCUT2D eigenvalue weighted by atomic mass is 10.3. The van der Waals surface area contributed by atoms with Gasteiger partial charge in [0.1, 0.15) is 5.69 Å². The van der Waals surface area contributed by atoms with Crippen molar-refractivity contribution in [3.05, 3.63) is 17.5 Å². The molecule has 0 radical (unpaired) electrons. The molecule has 0 atom stereocenters. The van der Waals surface area contributed by atoms with E-state index in [0.717, 1.165) is 0 Å². The monoisotopic (exact) mass is 184 g/mol. The Bertz CT molecular complexity index is 331. The predicted molar refractivity (Wildman–Crippen MR) is 41.0 cm³/mol. The standard InChI is InChI=1S/C7H8N2O4/c1-4(10)8-3-5-2-6(7(11)12)13-9-5/h2H,3H2,1H3,(H,8,10)(H,11,12). The molecule has 0 aliphatic carbocycles. The maximum Gasteiger partial charge on any atom is 0.374 e. The molecule has 1 aromatic heterocycles. The van der Waals surface area contributed by atoms with Gasteiger partial charge in [-0.3, -0.25) is 4.79 Å². The van der Waals surface area contributed by atoms with Gasteiger partial charge >= 0.3 is 5.97 Å². The van der Waals surface area contributed by atoms with E-state index in [-0.39, 0.29) is 18.2 Å². The number of carboxylic acids is 1. The Morgan fingerprint density at radius 2 is 2.38 bits per heavy atom. The Labute approximate surface area is 73.5 Å². The number of carbonyl (C=O) groups is 2. The van der Waals surface area contributed by atoms with E-state index >= 15 is 0 Å². The van der Waals surface area contributed by atoms with Crippen LogP contribution in [0.5, 0.6) is 0 Å². The first kappa shape index (κ1) is 9.24. The zero-order chi connectivity index (χ0) is 9.84. The summed E-state index contributed by atoms with van der Waals surface area (Å²) in [5.41, 5.74) is 0.382. The topological polar surface area (TPSA) is 92.4 Å². The average Bonchev–Trinajstić information content (AvgIpc) is 2.48. The first-order valence-corrected chi connectivity index (χ1v) is 3.53. The summed E-state index contributed by atoms with van der Waals surface area (Å²) in [6, 6.07) is 1.26. The smallest absolute Gasteiger partial charge is 0.374 e. The van der Waals surface area contributed by atoms with Crippen molar-refractivity contribution in [2.45, 2.75) is 13.5 Å². The summed E-state index contributed by atoms with van der Waals surface area (Å²) in [5.74, 6) is -1.62. The molecule has 0 aliphatic rings. The molecule has 0 saturated carbocycles. The van der Waals surface area contributed by atoms with Gasteiger partial charge < -0.3 is 14.9 Å². The highest BCUT2D eigenvalue weighted by molar-refractivity contribution is 5.84. The fraction of sp³-hybridized carbons (Fsp3) is 0.286. The van der Waals surface area contributed by atoms with Crippen molar-refractivity contribution in [3.63, 3.8) is 0 Å². The van der Waals surface area contributed by atoms with Gasteiger partial charge in [0.15, 0.2) is 0 Å². The number of hydrogen-bond donors (Lipinski definition) is 2. The van der Waals surface area contributed by atoms with Crippen LogP contribution >= 0.6 is 0 Å². The van der Waals surface area contributed by atoms with Crippen molar-refractivity contribution in [2.75, 3.05) is 0 Å². The zero-order valence-electron chi connectivity index (χ0n) is 6.90. The van der Waals surface area contributed by atoms with E-state index in [1.807, 2.05) is 0 Å². The Hall–Kier alpha value is -1.85. The molecule has 1 aromatic rings. The Morgan fingerprint density at radius 3 is 2.85 bits per heavy atom. The third-order valence-corrected chi connectivity index (χ3v) is 1.29. The number of carbonyl (C=O) groups excluding carboxylic acids is 1. The summed E-state index contributed by atoms with van der Waals surface area (Å²) in [5, 5.41) is 14.4. The van der Waals surface area contributed by atoms with Crippen molar-refractivity contribution < 1.29 is 19.2 Å². The number of amides is 1. The van der Waals surface area contributed by atoms with E-state index in [2.05, 4.69) is 15.0 Å². The van der Waals surface area contributed by atoms with E-state index in [9.17, 15) is 9.59 Å². The first-order valence-electron chi connectivity index (χ1n) is 3.53. The molecule has 0 spiro atoms. The second kappa shape index (κ2) is 3.70. The SMILES string of the molecule is CC(=O)NCc1cc(C(=O)O)on1. The minimum Gasteiger partial charge on any atom is -0.475 e. The van der Waals surface area contributed by atoms with Gasteiger partial charge in [-0.25, -0.2) is 4.79 Å². The molecule has 6 heteroatoms. The number of hydrogen-bond acceptors (Lipinski definition) is 4. The van der Waals surface area contributed by atoms with Crippen molar-refractivity contribution >= 4 is 11.9 Å². The highest BCUT2D eigenvalue weighted by atomic mass is 16.5. The van der Waals surface area contributed by atoms with E-state index < -0.39 is 5.97 Å². The molecule has 0 unspecified atom stereocenters. The molecular formula is C7H8N2O4. The molecule has 70 valence electrons. The van der Waals surface area contributed by atoms with Gasteiger partial charge in [0.05, 0.1) is 6.54 Å². The summed E-state index contributed by atoms with van der Waals surface area (Å²) in [4.78, 5) is 20.8. The second-order valence-corrected chi connectivity index (χ2v) is 2.40. The van der Waals surface area contributed by atoms with Crippen LogP contribution in [0.25, 0.3) is 0 Å². The van der Waals surface area contributed by atoms with Crippen LogP contribution in [0.15, 0.2) is 10.6 Å². The number of aromatic carboxylic acids is 1. The minimum atomic E-state index is -1.18. The largest absolute Gasteiger partial charge is 0.475 e. The predicted octanol–water partition coefficient (Wildman–Crippen LogP) is 0.00890. The Morgan fingerprint density at radius 1 is 1.69 bits per heavy atom. The number of aromatic nitrogens is 1. The third kappa shape index (κ3) is 2.58. The fourth-order valence-corrected chi connectivity index (χ4v) is 0.711. The van der Waals surface area contributed by atoms with Gasteiger partial charge in [0.25, 0.3) is 0 Å². The Balaban J connectivity index is 2.59. The summed E-state index contributed by atoms with van der Waals surface area (Å²) in [6.45, 7) is 1.53. The molecular weight excluding hydrogens is 176 g/mol. The minimum absolute atomic E-state index is 0.173. The van der Waals surface area contributed by atoms with E-state index in [0.29, 0.717) is 5.69 Å². The van der Waals surface area contributed by atoms with E-state index in [4.69, 9.17) is 5.11 Å². The molecule has 6 nitrogen and oxygen atoms in total. The van der Waals surface area contributed by atoms with Gasteiger partial charge in [-0.1, -0.05) is 5.16 Å². The third-order valence-electron chi connectivity index (χ3n) is 1.29. The van der Waals surface area contributed by atoms with Crippen LogP contribution in [0.3, 0.4) is 0 Å². The Kier molecular flexibility index (Phi) is 2.63. The molecule has 2 N–H and O–H groups in total. The van der Waals surface area contributed by atoms with Crippen LogP contribution in [0, 0.1) is 0 Å². The molecule has 1 heterocycles. The van der Waals surface area contributed by atoms with Gasteiger partial charge in [0.2, 0.25) is 11.7 Å². The van der Waals surface area contributed by atoms with E-state index in [1.54, 1.807) is 0 Å². The zero-order valence-corrected chi connectivity index (χ0v) is 6.90. The fourth-order valence-electron chi connectivity index (χ4n) is 0.711. The van der Waals surface area contributed by atoms with Crippen LogP contribution in [0.4, 0.5) is 0 Å². The van der Waals surface area contributed by atoms with Crippen molar-refractivity contribution in [3.8, 4) is 0 Å². The molecule has 0 aliphatic heterocycles. The number of rotatable bonds is 3. The van der Waals surface area contributed by atoms with Crippen molar-refractivity contribution in [1.82, 2.24) is 10.5 Å². The average molecular weight is 184 g/mol. The first-order chi connectivity index (χ1) is 6.09. The summed E-state index contributed by atoms with van der Waals surface area (Å²) in [7, 11) is 0. The van der Waals surface area contributed by atoms with Crippen LogP contribution in [0.1, 0.15) is 23.2 Å². The van der Waals surface area contributed by atoms with Crippen molar-refractivity contribution in [1.29, 1.82) is 0 Å². The molecule has 0 fully saturated rings. The van der Waals surface area contributed by atoms with E-state index in [1.165, 1.54) is 13.0 Å². The summed E-state index contributed by atoms with van der Waals surface area (Å²) < 4.78 is 4.46. The second-order valence-electron chi connectivity index (χ2n) is 2.40. The number of carboxylic acid groups (broad SMARTS) is 1. The molecule has 0 saturated heterocycles. The maximum absolute atomic E-state index is 10.5. The molecule has 13 heavy (non-hydrogen) atoms. The maximum atomic E-state index is 10.5. The van der Waals surface area contributed by atoms with Crippen LogP contribution in [-0.4, -0.2) is 22.1 Å². The van der Waals surface area contributed by atoms with Crippen LogP contribution in [0.2, 0.25) is 0 Å². The van der Waals surface area contributed by atoms with Gasteiger partial charge in [-0.15, -0.1) is 0 Å². The van der Waals surface area contributed by atoms with Gasteiger partial charge in [-0.05, 0) is 0 Å². The molecule has 0 aromatic carbocycles.